The summed E-state index contributed by atoms with van der Waals surface area (Å²) in [5.41, 5.74) is 2.18. The number of hydrogen-bond donors (Lipinski definition) is 1. The first kappa shape index (κ1) is 15.7. The molecule has 0 heterocycles. The van der Waals surface area contributed by atoms with Crippen LogP contribution in [0.25, 0.3) is 0 Å². The lowest BCUT2D eigenvalue weighted by Gasteiger charge is -2.09. The molecule has 6 heteroatoms. The molecule has 1 N–H and O–H groups in total. The molecule has 0 unspecified atom stereocenters. The molecule has 2 aromatic carbocycles. The first-order valence-corrected chi connectivity index (χ1v) is 6.65. The van der Waals surface area contributed by atoms with Crippen LogP contribution in [0.4, 0.5) is 17.1 Å². The Balaban J connectivity index is 2.34. The fourth-order valence-corrected chi connectivity index (χ4v) is 2.07. The van der Waals surface area contributed by atoms with Gasteiger partial charge in [0.15, 0.2) is 5.78 Å². The van der Waals surface area contributed by atoms with Crippen LogP contribution in [-0.4, -0.2) is 17.8 Å². The number of methoxy groups -OCH3 is 1. The van der Waals surface area contributed by atoms with Crippen molar-refractivity contribution < 1.29 is 14.5 Å². The van der Waals surface area contributed by atoms with Gasteiger partial charge in [0.05, 0.1) is 11.5 Å². The Morgan fingerprint density at radius 1 is 1.27 bits per heavy atom. The zero-order valence-electron chi connectivity index (χ0n) is 12.3. The number of rotatable bonds is 6. The predicted molar refractivity (Wildman–Crippen MR) is 83.5 cm³/mol. The average Bonchev–Trinajstić information content (AvgIpc) is 2.48. The van der Waals surface area contributed by atoms with Gasteiger partial charge in [-0.15, -0.1) is 0 Å². The molecule has 0 amide bonds. The van der Waals surface area contributed by atoms with Crippen molar-refractivity contribution in [1.29, 1.82) is 0 Å². The van der Waals surface area contributed by atoms with E-state index >= 15 is 0 Å². The van der Waals surface area contributed by atoms with Crippen LogP contribution in [0, 0.1) is 10.1 Å². The lowest BCUT2D eigenvalue weighted by atomic mass is 10.1. The topological polar surface area (TPSA) is 81.5 Å². The summed E-state index contributed by atoms with van der Waals surface area (Å²) >= 11 is 0. The van der Waals surface area contributed by atoms with E-state index in [0.717, 1.165) is 5.56 Å². The quantitative estimate of drug-likeness (QED) is 0.500. The third-order valence-corrected chi connectivity index (χ3v) is 3.12. The minimum atomic E-state index is -0.506. The van der Waals surface area contributed by atoms with Crippen molar-refractivity contribution in [3.05, 3.63) is 63.7 Å². The number of carbonyl (C=O) groups is 1. The highest BCUT2D eigenvalue weighted by atomic mass is 16.6. The number of nitro groups is 1. The van der Waals surface area contributed by atoms with Gasteiger partial charge in [-0.25, -0.2) is 0 Å². The SMILES string of the molecule is COCc1cccc(Nc2ccc(C(C)=O)cc2[N+](=O)[O-])c1. The van der Waals surface area contributed by atoms with Crippen LogP contribution in [-0.2, 0) is 11.3 Å². The molecule has 0 radical (unpaired) electrons. The summed E-state index contributed by atoms with van der Waals surface area (Å²) in [5, 5.41) is 14.2. The van der Waals surface area contributed by atoms with Crippen molar-refractivity contribution in [3.8, 4) is 0 Å². The van der Waals surface area contributed by atoms with Crippen molar-refractivity contribution in [2.45, 2.75) is 13.5 Å². The zero-order valence-corrected chi connectivity index (χ0v) is 12.3. The van der Waals surface area contributed by atoms with E-state index in [2.05, 4.69) is 5.32 Å². The van der Waals surface area contributed by atoms with Gasteiger partial charge in [-0.1, -0.05) is 12.1 Å². The van der Waals surface area contributed by atoms with Crippen LogP contribution < -0.4 is 5.32 Å². The maximum Gasteiger partial charge on any atom is 0.293 e. The van der Waals surface area contributed by atoms with E-state index in [-0.39, 0.29) is 11.5 Å². The molecule has 6 nitrogen and oxygen atoms in total. The normalized spacial score (nSPS) is 10.3. The van der Waals surface area contributed by atoms with Gasteiger partial charge in [0.2, 0.25) is 0 Å². The summed E-state index contributed by atoms with van der Waals surface area (Å²) in [6, 6.07) is 11.8. The number of carbonyl (C=O) groups excluding carboxylic acids is 1. The number of ketones is 1. The number of nitrogens with zero attached hydrogens (tertiary/aromatic N) is 1. The Bertz CT molecular complexity index is 713. The van der Waals surface area contributed by atoms with E-state index in [1.54, 1.807) is 13.2 Å². The fraction of sp³-hybridized carbons (Fsp3) is 0.188. The van der Waals surface area contributed by atoms with Crippen molar-refractivity contribution in [2.75, 3.05) is 12.4 Å². The smallest absolute Gasteiger partial charge is 0.293 e. The van der Waals surface area contributed by atoms with Crippen LogP contribution in [0.1, 0.15) is 22.8 Å². The lowest BCUT2D eigenvalue weighted by Crippen LogP contribution is -2.00. The minimum absolute atomic E-state index is 0.134. The van der Waals surface area contributed by atoms with Gasteiger partial charge in [0.1, 0.15) is 5.69 Å². The van der Waals surface area contributed by atoms with E-state index in [4.69, 9.17) is 4.74 Å². The molecule has 114 valence electrons. The Hall–Kier alpha value is -2.73. The van der Waals surface area contributed by atoms with Crippen molar-refractivity contribution in [1.82, 2.24) is 0 Å². The zero-order chi connectivity index (χ0) is 16.1. The molecule has 2 aromatic rings. The highest BCUT2D eigenvalue weighted by molar-refractivity contribution is 5.95. The second-order valence-corrected chi connectivity index (χ2v) is 4.80. The molecule has 0 fully saturated rings. The van der Waals surface area contributed by atoms with E-state index in [1.165, 1.54) is 19.1 Å². The first-order chi connectivity index (χ1) is 10.5. The monoisotopic (exact) mass is 300 g/mol. The van der Waals surface area contributed by atoms with Gasteiger partial charge >= 0.3 is 0 Å². The van der Waals surface area contributed by atoms with Crippen LogP contribution >= 0.6 is 0 Å². The number of Topliss-reactive ketones (excluding diaryl/α,β-unsaturated/α-hetero) is 1. The maximum atomic E-state index is 11.3. The van der Waals surface area contributed by atoms with E-state index in [0.29, 0.717) is 23.5 Å². The number of nitro benzene ring substituents is 1. The molecule has 0 aliphatic heterocycles. The van der Waals surface area contributed by atoms with Crippen molar-refractivity contribution in [2.24, 2.45) is 0 Å². The molecule has 22 heavy (non-hydrogen) atoms. The maximum absolute atomic E-state index is 11.3. The number of nitrogens with one attached hydrogen (secondary N) is 1. The molecule has 0 aliphatic carbocycles. The van der Waals surface area contributed by atoms with Crippen LogP contribution in [0.15, 0.2) is 42.5 Å². The van der Waals surface area contributed by atoms with Crippen molar-refractivity contribution >= 4 is 22.8 Å². The highest BCUT2D eigenvalue weighted by Crippen LogP contribution is 2.29. The van der Waals surface area contributed by atoms with Gasteiger partial charge in [-0.3, -0.25) is 14.9 Å². The molecule has 0 spiro atoms. The molecule has 0 aromatic heterocycles. The number of anilines is 2. The van der Waals surface area contributed by atoms with Crippen LogP contribution in [0.2, 0.25) is 0 Å². The van der Waals surface area contributed by atoms with Gasteiger partial charge < -0.3 is 10.1 Å². The fourth-order valence-electron chi connectivity index (χ4n) is 2.07. The van der Waals surface area contributed by atoms with E-state index in [1.807, 2.05) is 24.3 Å². The molecule has 0 saturated carbocycles. The van der Waals surface area contributed by atoms with Gasteiger partial charge in [0.25, 0.3) is 5.69 Å². The second-order valence-electron chi connectivity index (χ2n) is 4.80. The summed E-state index contributed by atoms with van der Waals surface area (Å²) in [4.78, 5) is 22.0. The number of hydrogen-bond acceptors (Lipinski definition) is 5. The molecule has 0 bridgehead atoms. The molecule has 0 saturated heterocycles. The summed E-state index contributed by atoms with van der Waals surface area (Å²) in [5.74, 6) is -0.211. The van der Waals surface area contributed by atoms with E-state index in [9.17, 15) is 14.9 Å². The summed E-state index contributed by atoms with van der Waals surface area (Å²) < 4.78 is 5.06. The molecule has 2 rings (SSSR count). The minimum Gasteiger partial charge on any atom is -0.380 e. The molecule has 0 atom stereocenters. The third kappa shape index (κ3) is 3.67. The third-order valence-electron chi connectivity index (χ3n) is 3.12. The summed E-state index contributed by atoms with van der Waals surface area (Å²) in [7, 11) is 1.60. The van der Waals surface area contributed by atoms with Gasteiger partial charge in [0, 0.05) is 24.4 Å². The lowest BCUT2D eigenvalue weighted by molar-refractivity contribution is -0.383. The molecule has 0 aliphatic rings. The van der Waals surface area contributed by atoms with Gasteiger partial charge in [-0.2, -0.15) is 0 Å². The Labute approximate surface area is 127 Å². The Kier molecular flexibility index (Phi) is 4.85. The second kappa shape index (κ2) is 6.82. The number of ether oxygens (including phenoxy) is 1. The first-order valence-electron chi connectivity index (χ1n) is 6.65. The largest absolute Gasteiger partial charge is 0.380 e. The standard InChI is InChI=1S/C16H16N2O4/c1-11(19)13-6-7-15(16(9-13)18(20)21)17-14-5-3-4-12(8-14)10-22-2/h3-9,17H,10H2,1-2H3. The predicted octanol–water partition coefficient (Wildman–Crippen LogP) is 3.69. The Morgan fingerprint density at radius 3 is 2.68 bits per heavy atom. The highest BCUT2D eigenvalue weighted by Gasteiger charge is 2.16. The Morgan fingerprint density at radius 2 is 2.05 bits per heavy atom. The summed E-state index contributed by atoms with van der Waals surface area (Å²) in [6.07, 6.45) is 0. The average molecular weight is 300 g/mol. The van der Waals surface area contributed by atoms with Crippen LogP contribution in [0.3, 0.4) is 0 Å². The van der Waals surface area contributed by atoms with Crippen molar-refractivity contribution in [3.63, 3.8) is 0 Å². The summed E-state index contributed by atoms with van der Waals surface area (Å²) in [6.45, 7) is 1.83. The number of benzene rings is 2. The molecular formula is C16H16N2O4. The van der Waals surface area contributed by atoms with Crippen LogP contribution in [0.5, 0.6) is 0 Å². The van der Waals surface area contributed by atoms with Gasteiger partial charge in [-0.05, 0) is 36.8 Å². The van der Waals surface area contributed by atoms with E-state index < -0.39 is 4.92 Å². The molecular weight excluding hydrogens is 284 g/mol.